The van der Waals surface area contributed by atoms with Gasteiger partial charge in [-0.1, -0.05) is 23.7 Å². The molecule has 2 aromatic rings. The number of benzene rings is 2. The minimum Gasteiger partial charge on any atom is -0.495 e. The van der Waals surface area contributed by atoms with Crippen molar-refractivity contribution in [2.45, 2.75) is 26.9 Å². The highest BCUT2D eigenvalue weighted by Gasteiger charge is 2.20. The van der Waals surface area contributed by atoms with Crippen LogP contribution in [0.2, 0.25) is 5.02 Å². The Kier molecular flexibility index (Phi) is 7.07. The van der Waals surface area contributed by atoms with Gasteiger partial charge in [0, 0.05) is 5.02 Å². The average molecular weight is 392 g/mol. The topological polar surface area (TPSA) is 73.9 Å². The molecule has 0 heterocycles. The third-order valence-electron chi connectivity index (χ3n) is 3.80. The van der Waals surface area contributed by atoms with Gasteiger partial charge in [-0.25, -0.2) is 4.79 Å². The van der Waals surface area contributed by atoms with Crippen molar-refractivity contribution < 1.29 is 23.8 Å². The minimum atomic E-state index is -0.988. The first-order valence-corrected chi connectivity index (χ1v) is 8.72. The van der Waals surface area contributed by atoms with Crippen LogP contribution in [0.15, 0.2) is 36.4 Å². The zero-order valence-electron chi connectivity index (χ0n) is 15.7. The number of esters is 1. The van der Waals surface area contributed by atoms with Crippen molar-refractivity contribution in [3.8, 4) is 11.5 Å². The van der Waals surface area contributed by atoms with Crippen molar-refractivity contribution in [3.63, 3.8) is 0 Å². The number of halogens is 1. The van der Waals surface area contributed by atoms with Gasteiger partial charge in [0.25, 0.3) is 5.91 Å². The zero-order chi connectivity index (χ0) is 20.0. The number of carbonyl (C=O) groups is 2. The molecular formula is C20H22ClNO5. The number of amides is 1. The van der Waals surface area contributed by atoms with E-state index in [1.54, 1.807) is 36.4 Å². The predicted molar refractivity (Wildman–Crippen MR) is 104 cm³/mol. The monoisotopic (exact) mass is 391 g/mol. The molecule has 1 atom stereocenters. The van der Waals surface area contributed by atoms with E-state index in [2.05, 4.69) is 5.32 Å². The molecule has 144 valence electrons. The lowest BCUT2D eigenvalue weighted by Gasteiger charge is -2.16. The summed E-state index contributed by atoms with van der Waals surface area (Å²) in [6, 6.07) is 10.5. The number of rotatable bonds is 7. The number of hydrogen-bond acceptors (Lipinski definition) is 5. The molecule has 2 rings (SSSR count). The molecule has 27 heavy (non-hydrogen) atoms. The second-order valence-corrected chi connectivity index (χ2v) is 6.42. The molecule has 0 bridgehead atoms. The molecule has 0 radical (unpaired) electrons. The molecule has 0 aliphatic carbocycles. The smallest absolute Gasteiger partial charge is 0.344 e. The average Bonchev–Trinajstić information content (AvgIpc) is 2.61. The van der Waals surface area contributed by atoms with Crippen LogP contribution in [0, 0.1) is 13.8 Å². The maximum atomic E-state index is 12.2. The van der Waals surface area contributed by atoms with Gasteiger partial charge in [-0.2, -0.15) is 0 Å². The summed E-state index contributed by atoms with van der Waals surface area (Å²) in [7, 11) is 1.51. The van der Waals surface area contributed by atoms with Gasteiger partial charge >= 0.3 is 5.97 Å². The summed E-state index contributed by atoms with van der Waals surface area (Å²) in [5.41, 5.74) is 2.13. The molecule has 0 saturated carbocycles. The molecule has 6 nitrogen and oxygen atoms in total. The van der Waals surface area contributed by atoms with Gasteiger partial charge in [0.15, 0.2) is 12.7 Å². The summed E-state index contributed by atoms with van der Waals surface area (Å²) in [5.74, 6) is -0.0259. The number of aryl methyl sites for hydroxylation is 2. The Bertz CT molecular complexity index is 814. The Labute approximate surface area is 163 Å². The van der Waals surface area contributed by atoms with Crippen LogP contribution >= 0.6 is 11.6 Å². The van der Waals surface area contributed by atoms with E-state index >= 15 is 0 Å². The molecule has 1 amide bonds. The zero-order valence-corrected chi connectivity index (χ0v) is 16.4. The first-order chi connectivity index (χ1) is 12.8. The molecule has 0 aromatic heterocycles. The van der Waals surface area contributed by atoms with Crippen LogP contribution in [0.3, 0.4) is 0 Å². The van der Waals surface area contributed by atoms with Crippen LogP contribution < -0.4 is 14.8 Å². The van der Waals surface area contributed by atoms with Crippen molar-refractivity contribution in [2.24, 2.45) is 0 Å². The third-order valence-corrected chi connectivity index (χ3v) is 4.02. The fourth-order valence-electron chi connectivity index (χ4n) is 2.52. The Hall–Kier alpha value is -2.73. The predicted octanol–water partition coefficient (Wildman–Crippen LogP) is 3.91. The van der Waals surface area contributed by atoms with Crippen LogP contribution in [0.5, 0.6) is 11.5 Å². The summed E-state index contributed by atoms with van der Waals surface area (Å²) < 4.78 is 15.8. The van der Waals surface area contributed by atoms with Gasteiger partial charge < -0.3 is 19.5 Å². The van der Waals surface area contributed by atoms with E-state index in [4.69, 9.17) is 25.8 Å². The van der Waals surface area contributed by atoms with E-state index in [-0.39, 0.29) is 6.61 Å². The second kappa shape index (κ2) is 9.28. The van der Waals surface area contributed by atoms with Gasteiger partial charge in [0.1, 0.15) is 11.5 Å². The van der Waals surface area contributed by atoms with Crippen LogP contribution in [0.4, 0.5) is 5.69 Å². The maximum absolute atomic E-state index is 12.2. The van der Waals surface area contributed by atoms with E-state index in [1.165, 1.54) is 14.0 Å². The van der Waals surface area contributed by atoms with Gasteiger partial charge in [-0.3, -0.25) is 4.79 Å². The highest BCUT2D eigenvalue weighted by atomic mass is 35.5. The van der Waals surface area contributed by atoms with Gasteiger partial charge in [0.05, 0.1) is 12.8 Å². The number of para-hydroxylation sites is 2. The summed E-state index contributed by atoms with van der Waals surface area (Å²) in [6.07, 6.45) is -0.988. The Morgan fingerprint density at radius 1 is 1.15 bits per heavy atom. The van der Waals surface area contributed by atoms with Gasteiger partial charge in [0.2, 0.25) is 0 Å². The van der Waals surface area contributed by atoms with Crippen molar-refractivity contribution in [3.05, 3.63) is 52.5 Å². The Morgan fingerprint density at radius 2 is 1.78 bits per heavy atom. The van der Waals surface area contributed by atoms with E-state index in [0.717, 1.165) is 11.1 Å². The van der Waals surface area contributed by atoms with E-state index in [9.17, 15) is 9.59 Å². The number of anilines is 1. The molecule has 0 aliphatic rings. The first kappa shape index (κ1) is 20.6. The number of ether oxygens (including phenoxy) is 3. The third kappa shape index (κ3) is 5.62. The standard InChI is InChI=1S/C20H22ClNO5/c1-12-9-15(21)10-13(2)19(12)26-11-18(23)27-14(3)20(24)22-16-7-5-6-8-17(16)25-4/h5-10,14H,11H2,1-4H3,(H,22,24)/t14-/m1/s1. The van der Waals surface area contributed by atoms with E-state index < -0.39 is 18.0 Å². The molecule has 2 aromatic carbocycles. The molecular weight excluding hydrogens is 370 g/mol. The lowest BCUT2D eigenvalue weighted by Crippen LogP contribution is -2.31. The molecule has 0 fully saturated rings. The van der Waals surface area contributed by atoms with Crippen LogP contribution in [0.1, 0.15) is 18.1 Å². The van der Waals surface area contributed by atoms with Crippen molar-refractivity contribution >= 4 is 29.2 Å². The molecule has 1 N–H and O–H groups in total. The van der Waals surface area contributed by atoms with Crippen molar-refractivity contribution in [1.29, 1.82) is 0 Å². The quantitative estimate of drug-likeness (QED) is 0.724. The second-order valence-electron chi connectivity index (χ2n) is 5.98. The molecule has 0 unspecified atom stereocenters. The number of methoxy groups -OCH3 is 1. The number of nitrogens with one attached hydrogen (secondary N) is 1. The summed E-state index contributed by atoms with van der Waals surface area (Å²) in [6.45, 7) is 4.85. The fraction of sp³-hybridized carbons (Fsp3) is 0.300. The normalized spacial score (nSPS) is 11.4. The lowest BCUT2D eigenvalue weighted by molar-refractivity contribution is -0.155. The van der Waals surface area contributed by atoms with Crippen LogP contribution in [-0.2, 0) is 14.3 Å². The lowest BCUT2D eigenvalue weighted by atomic mass is 10.1. The van der Waals surface area contributed by atoms with Crippen LogP contribution in [-0.4, -0.2) is 31.7 Å². The number of carbonyl (C=O) groups excluding carboxylic acids is 2. The van der Waals surface area contributed by atoms with Gasteiger partial charge in [-0.05, 0) is 56.2 Å². The first-order valence-electron chi connectivity index (χ1n) is 8.34. The van der Waals surface area contributed by atoms with E-state index in [1.807, 2.05) is 13.8 Å². The van der Waals surface area contributed by atoms with Gasteiger partial charge in [-0.15, -0.1) is 0 Å². The SMILES string of the molecule is COc1ccccc1NC(=O)[C@@H](C)OC(=O)COc1c(C)cc(Cl)cc1C. The minimum absolute atomic E-state index is 0.310. The molecule has 0 aliphatic heterocycles. The Balaban J connectivity index is 1.91. The molecule has 7 heteroatoms. The van der Waals surface area contributed by atoms with Crippen molar-refractivity contribution in [2.75, 3.05) is 19.0 Å². The summed E-state index contributed by atoms with van der Waals surface area (Å²) in [4.78, 5) is 24.3. The highest BCUT2D eigenvalue weighted by Crippen LogP contribution is 2.27. The molecule has 0 spiro atoms. The molecule has 0 saturated heterocycles. The summed E-state index contributed by atoms with van der Waals surface area (Å²) in [5, 5.41) is 3.27. The van der Waals surface area contributed by atoms with Crippen molar-refractivity contribution in [1.82, 2.24) is 0 Å². The van der Waals surface area contributed by atoms with E-state index in [0.29, 0.717) is 22.2 Å². The largest absolute Gasteiger partial charge is 0.495 e. The highest BCUT2D eigenvalue weighted by molar-refractivity contribution is 6.30. The van der Waals surface area contributed by atoms with Crippen LogP contribution in [0.25, 0.3) is 0 Å². The number of hydrogen-bond donors (Lipinski definition) is 1. The Morgan fingerprint density at radius 3 is 2.41 bits per heavy atom. The fourth-order valence-corrected chi connectivity index (χ4v) is 2.85. The maximum Gasteiger partial charge on any atom is 0.344 e. The summed E-state index contributed by atoms with van der Waals surface area (Å²) >= 11 is 5.98.